The Labute approximate surface area is 145 Å². The first-order valence-corrected chi connectivity index (χ1v) is 8.17. The van der Waals surface area contributed by atoms with Gasteiger partial charge < -0.3 is 14.2 Å². The molecule has 0 atom stereocenters. The highest BCUT2D eigenvalue weighted by molar-refractivity contribution is 6.14. The normalized spacial score (nSPS) is 13.1. The first-order chi connectivity index (χ1) is 12.1. The maximum absolute atomic E-state index is 13.3. The van der Waals surface area contributed by atoms with Crippen molar-refractivity contribution >= 4 is 22.4 Å². The van der Waals surface area contributed by atoms with Crippen LogP contribution in [0.1, 0.15) is 15.9 Å². The van der Waals surface area contributed by atoms with Gasteiger partial charge in [-0.05, 0) is 24.1 Å². The summed E-state index contributed by atoms with van der Waals surface area (Å²) in [7, 11) is 3.29. The number of carbonyl (C=O) groups excluding carboxylic acids is 1. The second kappa shape index (κ2) is 5.77. The van der Waals surface area contributed by atoms with Gasteiger partial charge in [0, 0.05) is 36.6 Å². The zero-order valence-electron chi connectivity index (χ0n) is 14.2. The van der Waals surface area contributed by atoms with E-state index in [0.29, 0.717) is 22.9 Å². The molecule has 0 fully saturated rings. The number of fused-ring (bicyclic) bond motifs is 2. The Bertz CT molecular complexity index is 1050. The topological polar surface area (TPSA) is 51.5 Å². The molecule has 0 saturated carbocycles. The van der Waals surface area contributed by atoms with E-state index in [9.17, 15) is 9.59 Å². The molecule has 0 aliphatic carbocycles. The summed E-state index contributed by atoms with van der Waals surface area (Å²) >= 11 is 0. The van der Waals surface area contributed by atoms with Crippen molar-refractivity contribution in [1.82, 2.24) is 4.57 Å². The van der Waals surface area contributed by atoms with Crippen molar-refractivity contribution in [3.63, 3.8) is 0 Å². The zero-order valence-corrected chi connectivity index (χ0v) is 14.2. The SMILES string of the molecule is COc1ccc2c(c1)N(C(=O)c1cn(C)c(=O)c3ccccc13)CC2. The molecule has 2 aromatic carbocycles. The molecule has 0 bridgehead atoms. The molecule has 1 aromatic heterocycles. The third-order valence-electron chi connectivity index (χ3n) is 4.75. The van der Waals surface area contributed by atoms with Crippen molar-refractivity contribution in [2.75, 3.05) is 18.6 Å². The van der Waals surface area contributed by atoms with Gasteiger partial charge in [0.25, 0.3) is 11.5 Å². The summed E-state index contributed by atoms with van der Waals surface area (Å²) in [6.45, 7) is 0.624. The maximum atomic E-state index is 13.3. The molecule has 1 amide bonds. The lowest BCUT2D eigenvalue weighted by Gasteiger charge is -2.19. The molecule has 5 nitrogen and oxygen atoms in total. The van der Waals surface area contributed by atoms with E-state index in [-0.39, 0.29) is 11.5 Å². The van der Waals surface area contributed by atoms with E-state index in [1.807, 2.05) is 36.4 Å². The Hall–Kier alpha value is -3.08. The fraction of sp³-hybridized carbons (Fsp3) is 0.200. The zero-order chi connectivity index (χ0) is 17.6. The monoisotopic (exact) mass is 334 g/mol. The van der Waals surface area contributed by atoms with Gasteiger partial charge in [0.15, 0.2) is 0 Å². The number of benzene rings is 2. The lowest BCUT2D eigenvalue weighted by Crippen LogP contribution is -2.31. The number of aromatic nitrogens is 1. The first-order valence-electron chi connectivity index (χ1n) is 8.17. The Morgan fingerprint density at radius 1 is 1.12 bits per heavy atom. The second-order valence-corrected chi connectivity index (χ2v) is 6.21. The van der Waals surface area contributed by atoms with Crippen molar-refractivity contribution < 1.29 is 9.53 Å². The molecule has 0 N–H and O–H groups in total. The van der Waals surface area contributed by atoms with Gasteiger partial charge in [-0.3, -0.25) is 9.59 Å². The Kier molecular flexibility index (Phi) is 3.57. The predicted molar refractivity (Wildman–Crippen MR) is 97.6 cm³/mol. The third-order valence-corrected chi connectivity index (χ3v) is 4.75. The summed E-state index contributed by atoms with van der Waals surface area (Å²) in [4.78, 5) is 27.4. The van der Waals surface area contributed by atoms with Crippen LogP contribution in [0.15, 0.2) is 53.5 Å². The molecular weight excluding hydrogens is 316 g/mol. The second-order valence-electron chi connectivity index (χ2n) is 6.21. The summed E-state index contributed by atoms with van der Waals surface area (Å²) < 4.78 is 6.77. The van der Waals surface area contributed by atoms with Crippen LogP contribution in [-0.2, 0) is 13.5 Å². The number of hydrogen-bond acceptors (Lipinski definition) is 3. The quantitative estimate of drug-likeness (QED) is 0.724. The molecule has 0 unspecified atom stereocenters. The Morgan fingerprint density at radius 3 is 2.64 bits per heavy atom. The van der Waals surface area contributed by atoms with Crippen LogP contribution in [-0.4, -0.2) is 24.1 Å². The van der Waals surface area contributed by atoms with E-state index in [0.717, 1.165) is 23.4 Å². The molecule has 0 saturated heterocycles. The molecular formula is C20H18N2O3. The van der Waals surface area contributed by atoms with Crippen LogP contribution in [0.5, 0.6) is 5.75 Å². The maximum Gasteiger partial charge on any atom is 0.260 e. The third kappa shape index (κ3) is 2.39. The van der Waals surface area contributed by atoms with Crippen molar-refractivity contribution in [1.29, 1.82) is 0 Å². The van der Waals surface area contributed by atoms with Gasteiger partial charge in [-0.2, -0.15) is 0 Å². The molecule has 0 spiro atoms. The van der Waals surface area contributed by atoms with E-state index >= 15 is 0 Å². The summed E-state index contributed by atoms with van der Waals surface area (Å²) in [6.07, 6.45) is 2.44. The van der Waals surface area contributed by atoms with E-state index in [2.05, 4.69) is 0 Å². The summed E-state index contributed by atoms with van der Waals surface area (Å²) in [5.74, 6) is 0.627. The Morgan fingerprint density at radius 2 is 1.88 bits per heavy atom. The van der Waals surface area contributed by atoms with Crippen molar-refractivity contribution in [3.05, 3.63) is 70.1 Å². The molecule has 5 heteroatoms. The largest absolute Gasteiger partial charge is 0.497 e. The molecule has 1 aliphatic heterocycles. The van der Waals surface area contributed by atoms with Crippen LogP contribution in [0, 0.1) is 0 Å². The number of nitrogens with zero attached hydrogens (tertiary/aromatic N) is 2. The highest BCUT2D eigenvalue weighted by atomic mass is 16.5. The fourth-order valence-electron chi connectivity index (χ4n) is 3.43. The van der Waals surface area contributed by atoms with E-state index in [1.165, 1.54) is 4.57 Å². The number of aryl methyl sites for hydroxylation is 1. The Balaban J connectivity index is 1.86. The van der Waals surface area contributed by atoms with Crippen LogP contribution in [0.3, 0.4) is 0 Å². The number of pyridine rings is 1. The van der Waals surface area contributed by atoms with Crippen LogP contribution in [0.4, 0.5) is 5.69 Å². The number of amides is 1. The van der Waals surface area contributed by atoms with Gasteiger partial charge in [0.05, 0.1) is 18.4 Å². The smallest absolute Gasteiger partial charge is 0.260 e. The molecule has 25 heavy (non-hydrogen) atoms. The lowest BCUT2D eigenvalue weighted by molar-refractivity contribution is 0.0990. The van der Waals surface area contributed by atoms with E-state index < -0.39 is 0 Å². The average Bonchev–Trinajstić information content (AvgIpc) is 3.07. The molecule has 4 rings (SSSR count). The molecule has 126 valence electrons. The number of methoxy groups -OCH3 is 1. The van der Waals surface area contributed by atoms with Crippen LogP contribution >= 0.6 is 0 Å². The lowest BCUT2D eigenvalue weighted by atomic mass is 10.1. The predicted octanol–water partition coefficient (Wildman–Crippen LogP) is 2.75. The highest BCUT2D eigenvalue weighted by Gasteiger charge is 2.27. The minimum Gasteiger partial charge on any atom is -0.497 e. The van der Waals surface area contributed by atoms with Gasteiger partial charge in [-0.15, -0.1) is 0 Å². The average molecular weight is 334 g/mol. The van der Waals surface area contributed by atoms with Crippen LogP contribution < -0.4 is 15.2 Å². The minimum absolute atomic E-state index is 0.0983. The van der Waals surface area contributed by atoms with Crippen LogP contribution in [0.25, 0.3) is 10.8 Å². The number of anilines is 1. The number of ether oxygens (including phenoxy) is 1. The molecule has 3 aromatic rings. The van der Waals surface area contributed by atoms with Crippen molar-refractivity contribution in [2.45, 2.75) is 6.42 Å². The van der Waals surface area contributed by atoms with E-state index in [4.69, 9.17) is 4.74 Å². The van der Waals surface area contributed by atoms with Gasteiger partial charge in [0.1, 0.15) is 5.75 Å². The standard InChI is InChI=1S/C20H18N2O3/c1-21-12-17(15-5-3-4-6-16(15)19(21)23)20(24)22-10-9-13-7-8-14(25-2)11-18(13)22/h3-8,11-12H,9-10H2,1-2H3. The molecule has 0 radical (unpaired) electrons. The summed E-state index contributed by atoms with van der Waals surface area (Å²) in [5, 5.41) is 1.24. The van der Waals surface area contributed by atoms with Crippen molar-refractivity contribution in [2.24, 2.45) is 7.05 Å². The van der Waals surface area contributed by atoms with E-state index in [1.54, 1.807) is 31.3 Å². The van der Waals surface area contributed by atoms with Gasteiger partial charge in [0.2, 0.25) is 0 Å². The molecule has 1 aliphatic rings. The van der Waals surface area contributed by atoms with Gasteiger partial charge in [-0.25, -0.2) is 0 Å². The fourth-order valence-corrected chi connectivity index (χ4v) is 3.43. The number of hydrogen-bond donors (Lipinski definition) is 0. The summed E-state index contributed by atoms with van der Waals surface area (Å²) in [5.41, 5.74) is 2.44. The van der Waals surface area contributed by atoms with Crippen LogP contribution in [0.2, 0.25) is 0 Å². The minimum atomic E-state index is -0.101. The van der Waals surface area contributed by atoms with Crippen molar-refractivity contribution in [3.8, 4) is 5.75 Å². The highest BCUT2D eigenvalue weighted by Crippen LogP contribution is 2.33. The van der Waals surface area contributed by atoms with Gasteiger partial charge >= 0.3 is 0 Å². The summed E-state index contributed by atoms with van der Waals surface area (Å²) in [6, 6.07) is 13.1. The number of carbonyl (C=O) groups is 1. The number of rotatable bonds is 2. The first kappa shape index (κ1) is 15.4. The molecule has 2 heterocycles. The van der Waals surface area contributed by atoms with Gasteiger partial charge in [-0.1, -0.05) is 24.3 Å².